The van der Waals surface area contributed by atoms with Crippen molar-refractivity contribution in [3.63, 3.8) is 0 Å². The standard InChI is InChI=1S/C9H10O7/c1-2-16-4-6(9(14)15)5(8(12)13)3-7(10)11/h3-4H,2H2,1H3,(H,10,11)(H,12,13)(H,14,15). The summed E-state index contributed by atoms with van der Waals surface area (Å²) < 4.78 is 4.63. The van der Waals surface area contributed by atoms with Crippen LogP contribution in [0, 0.1) is 0 Å². The SMILES string of the molecule is CCOC=C(C(=O)O)C(=CC(=O)O)C(=O)O. The number of carboxylic acids is 3. The summed E-state index contributed by atoms with van der Waals surface area (Å²) in [5.74, 6) is -4.79. The van der Waals surface area contributed by atoms with E-state index < -0.39 is 29.1 Å². The normalized spacial score (nSPS) is 12.1. The van der Waals surface area contributed by atoms with Gasteiger partial charge in [-0.15, -0.1) is 0 Å². The number of hydrogen-bond donors (Lipinski definition) is 3. The highest BCUT2D eigenvalue weighted by Crippen LogP contribution is 2.11. The Labute approximate surface area is 90.3 Å². The van der Waals surface area contributed by atoms with Crippen LogP contribution in [0.15, 0.2) is 23.5 Å². The highest BCUT2D eigenvalue weighted by Gasteiger charge is 2.21. The van der Waals surface area contributed by atoms with Crippen LogP contribution in [0.5, 0.6) is 0 Å². The minimum Gasteiger partial charge on any atom is -0.501 e. The van der Waals surface area contributed by atoms with Gasteiger partial charge in [-0.1, -0.05) is 0 Å². The predicted octanol–water partition coefficient (Wildman–Crippen LogP) is 0.0870. The van der Waals surface area contributed by atoms with Crippen LogP contribution in [0.2, 0.25) is 0 Å². The Hall–Kier alpha value is -2.31. The van der Waals surface area contributed by atoms with Gasteiger partial charge in [0.15, 0.2) is 0 Å². The summed E-state index contributed by atoms with van der Waals surface area (Å²) in [5.41, 5.74) is -1.58. The number of carboxylic acid groups (broad SMARTS) is 3. The molecule has 0 atom stereocenters. The Morgan fingerprint density at radius 3 is 1.88 bits per heavy atom. The lowest BCUT2D eigenvalue weighted by Crippen LogP contribution is -2.13. The molecule has 0 spiro atoms. The lowest BCUT2D eigenvalue weighted by molar-refractivity contribution is -0.136. The second kappa shape index (κ2) is 6.23. The number of aliphatic carboxylic acids is 3. The molecule has 0 saturated carbocycles. The lowest BCUT2D eigenvalue weighted by Gasteiger charge is -2.03. The van der Waals surface area contributed by atoms with Gasteiger partial charge in [0.1, 0.15) is 5.57 Å². The van der Waals surface area contributed by atoms with Crippen LogP contribution in [0.25, 0.3) is 0 Å². The second-order valence-electron chi connectivity index (χ2n) is 2.49. The summed E-state index contributed by atoms with van der Waals surface area (Å²) in [6.45, 7) is 1.70. The Morgan fingerprint density at radius 1 is 1.06 bits per heavy atom. The van der Waals surface area contributed by atoms with Crippen molar-refractivity contribution in [3.05, 3.63) is 23.5 Å². The molecule has 0 radical (unpaired) electrons. The molecule has 88 valence electrons. The van der Waals surface area contributed by atoms with Crippen LogP contribution in [0.1, 0.15) is 6.92 Å². The van der Waals surface area contributed by atoms with Crippen LogP contribution in [0.3, 0.4) is 0 Å². The van der Waals surface area contributed by atoms with Gasteiger partial charge in [-0.3, -0.25) is 0 Å². The van der Waals surface area contributed by atoms with Gasteiger partial charge < -0.3 is 20.1 Å². The Kier molecular flexibility index (Phi) is 5.33. The molecule has 0 aliphatic carbocycles. The van der Waals surface area contributed by atoms with Crippen LogP contribution in [-0.2, 0) is 19.1 Å². The maximum absolute atomic E-state index is 10.7. The third-order valence-corrected chi connectivity index (χ3v) is 1.39. The van der Waals surface area contributed by atoms with Crippen molar-refractivity contribution in [1.82, 2.24) is 0 Å². The van der Waals surface area contributed by atoms with Crippen molar-refractivity contribution < 1.29 is 34.4 Å². The van der Waals surface area contributed by atoms with Gasteiger partial charge in [0.25, 0.3) is 0 Å². The van der Waals surface area contributed by atoms with Gasteiger partial charge in [0, 0.05) is 6.08 Å². The molecule has 7 nitrogen and oxygen atoms in total. The zero-order chi connectivity index (χ0) is 12.7. The molecule has 0 aliphatic rings. The minimum atomic E-state index is -1.66. The molecule has 3 N–H and O–H groups in total. The van der Waals surface area contributed by atoms with E-state index in [1.807, 2.05) is 0 Å². The molecule has 0 fully saturated rings. The average molecular weight is 230 g/mol. The van der Waals surface area contributed by atoms with E-state index in [0.717, 1.165) is 0 Å². The summed E-state index contributed by atoms with van der Waals surface area (Å²) in [6.07, 6.45) is 0.993. The van der Waals surface area contributed by atoms with E-state index in [4.69, 9.17) is 15.3 Å². The molecule has 0 aromatic heterocycles. The average Bonchev–Trinajstić information content (AvgIpc) is 2.15. The van der Waals surface area contributed by atoms with Crippen molar-refractivity contribution >= 4 is 17.9 Å². The monoisotopic (exact) mass is 230 g/mol. The molecule has 0 bridgehead atoms. The van der Waals surface area contributed by atoms with Gasteiger partial charge in [0.05, 0.1) is 18.4 Å². The summed E-state index contributed by atoms with van der Waals surface area (Å²) >= 11 is 0. The predicted molar refractivity (Wildman–Crippen MR) is 50.7 cm³/mol. The smallest absolute Gasteiger partial charge is 0.339 e. The number of hydrogen-bond acceptors (Lipinski definition) is 4. The third-order valence-electron chi connectivity index (χ3n) is 1.39. The van der Waals surface area contributed by atoms with Crippen LogP contribution < -0.4 is 0 Å². The van der Waals surface area contributed by atoms with Crippen LogP contribution in [-0.4, -0.2) is 39.8 Å². The van der Waals surface area contributed by atoms with Crippen molar-refractivity contribution in [2.75, 3.05) is 6.61 Å². The van der Waals surface area contributed by atoms with Gasteiger partial charge in [0.2, 0.25) is 0 Å². The minimum absolute atomic E-state index is 0.136. The first-order valence-corrected chi connectivity index (χ1v) is 4.13. The number of ether oxygens (including phenoxy) is 1. The Balaban J connectivity index is 5.37. The quantitative estimate of drug-likeness (QED) is 0.335. The Morgan fingerprint density at radius 2 is 1.56 bits per heavy atom. The fraction of sp³-hybridized carbons (Fsp3) is 0.222. The largest absolute Gasteiger partial charge is 0.501 e. The first-order chi connectivity index (χ1) is 7.40. The van der Waals surface area contributed by atoms with E-state index in [0.29, 0.717) is 12.3 Å². The molecule has 0 unspecified atom stereocenters. The molecule has 0 aliphatic heterocycles. The molecule has 7 heteroatoms. The summed E-state index contributed by atoms with van der Waals surface area (Å²) in [4.78, 5) is 31.7. The molecule has 16 heavy (non-hydrogen) atoms. The first-order valence-electron chi connectivity index (χ1n) is 4.13. The molecule has 0 heterocycles. The third kappa shape index (κ3) is 4.27. The molecule has 0 saturated heterocycles. The maximum atomic E-state index is 10.7. The molecule has 0 aromatic rings. The van der Waals surface area contributed by atoms with Crippen molar-refractivity contribution in [3.8, 4) is 0 Å². The van der Waals surface area contributed by atoms with E-state index >= 15 is 0 Å². The van der Waals surface area contributed by atoms with E-state index in [1.54, 1.807) is 6.92 Å². The topological polar surface area (TPSA) is 121 Å². The van der Waals surface area contributed by atoms with E-state index in [1.165, 1.54) is 0 Å². The number of carbonyl (C=O) groups is 3. The second-order valence-corrected chi connectivity index (χ2v) is 2.49. The summed E-state index contributed by atoms with van der Waals surface area (Å²) in [6, 6.07) is 0. The molecular formula is C9H10O7. The summed E-state index contributed by atoms with van der Waals surface area (Å²) in [7, 11) is 0. The van der Waals surface area contributed by atoms with E-state index in [2.05, 4.69) is 4.74 Å². The van der Waals surface area contributed by atoms with Crippen LogP contribution >= 0.6 is 0 Å². The fourth-order valence-corrected chi connectivity index (χ4v) is 0.774. The van der Waals surface area contributed by atoms with E-state index in [-0.39, 0.29) is 6.61 Å². The van der Waals surface area contributed by atoms with Crippen molar-refractivity contribution in [2.24, 2.45) is 0 Å². The molecule has 0 rings (SSSR count). The van der Waals surface area contributed by atoms with Crippen molar-refractivity contribution in [2.45, 2.75) is 6.92 Å². The van der Waals surface area contributed by atoms with Gasteiger partial charge in [-0.05, 0) is 6.92 Å². The Bertz CT molecular complexity index is 364. The zero-order valence-electron chi connectivity index (χ0n) is 8.34. The van der Waals surface area contributed by atoms with E-state index in [9.17, 15) is 14.4 Å². The van der Waals surface area contributed by atoms with Gasteiger partial charge in [-0.25, -0.2) is 14.4 Å². The van der Waals surface area contributed by atoms with Crippen LogP contribution in [0.4, 0.5) is 0 Å². The van der Waals surface area contributed by atoms with Gasteiger partial charge in [-0.2, -0.15) is 0 Å². The summed E-state index contributed by atoms with van der Waals surface area (Å²) in [5, 5.41) is 25.7. The van der Waals surface area contributed by atoms with Gasteiger partial charge >= 0.3 is 17.9 Å². The molecule has 0 aromatic carbocycles. The first kappa shape index (κ1) is 13.7. The maximum Gasteiger partial charge on any atom is 0.339 e. The lowest BCUT2D eigenvalue weighted by atomic mass is 10.1. The zero-order valence-corrected chi connectivity index (χ0v) is 8.34. The molecule has 0 amide bonds. The highest BCUT2D eigenvalue weighted by molar-refractivity contribution is 6.08. The fourth-order valence-electron chi connectivity index (χ4n) is 0.774. The van der Waals surface area contributed by atoms with Crippen molar-refractivity contribution in [1.29, 1.82) is 0 Å². The number of rotatable bonds is 6. The molecular weight excluding hydrogens is 220 g/mol. The highest BCUT2D eigenvalue weighted by atomic mass is 16.5.